The zero-order valence-electron chi connectivity index (χ0n) is 23.0. The zero-order valence-corrected chi connectivity index (χ0v) is 23.0. The van der Waals surface area contributed by atoms with Gasteiger partial charge in [0.25, 0.3) is 0 Å². The number of hydrogen-bond acceptors (Lipinski definition) is 2. The van der Waals surface area contributed by atoms with Crippen LogP contribution in [-0.4, -0.2) is 35.2 Å². The van der Waals surface area contributed by atoms with Crippen molar-refractivity contribution in [3.8, 4) is 0 Å². The summed E-state index contributed by atoms with van der Waals surface area (Å²) in [6.07, 6.45) is 11.0. The monoisotopic (exact) mass is 435 g/mol. The number of nitrogens with zero attached hydrogens (tertiary/aromatic N) is 1. The molecule has 2 rings (SSSR count). The van der Waals surface area contributed by atoms with E-state index in [0.717, 1.165) is 18.4 Å². The van der Waals surface area contributed by atoms with Crippen molar-refractivity contribution in [3.05, 3.63) is 0 Å². The van der Waals surface area contributed by atoms with Crippen molar-refractivity contribution in [1.82, 2.24) is 4.90 Å². The number of rotatable bonds is 10. The van der Waals surface area contributed by atoms with Crippen molar-refractivity contribution >= 4 is 0 Å². The molecule has 0 bridgehead atoms. The number of ether oxygens (including phenoxy) is 1. The molecule has 1 heterocycles. The lowest BCUT2D eigenvalue weighted by Crippen LogP contribution is -2.62. The van der Waals surface area contributed by atoms with Crippen LogP contribution in [0.1, 0.15) is 121 Å². The first-order valence-corrected chi connectivity index (χ1v) is 13.8. The molecule has 1 saturated heterocycles. The second-order valence-corrected chi connectivity index (χ2v) is 13.0. The third-order valence-corrected chi connectivity index (χ3v) is 8.90. The van der Waals surface area contributed by atoms with Crippen molar-refractivity contribution in [2.75, 3.05) is 13.2 Å². The Morgan fingerprint density at radius 1 is 0.774 bits per heavy atom. The minimum atomic E-state index is 0.302. The van der Waals surface area contributed by atoms with Crippen LogP contribution in [0, 0.1) is 35.5 Å². The molecule has 2 fully saturated rings. The van der Waals surface area contributed by atoms with Gasteiger partial charge < -0.3 is 4.74 Å². The van der Waals surface area contributed by atoms with E-state index < -0.39 is 0 Å². The van der Waals surface area contributed by atoms with Gasteiger partial charge in [0.2, 0.25) is 0 Å². The van der Waals surface area contributed by atoms with Crippen molar-refractivity contribution in [2.24, 2.45) is 35.5 Å². The van der Waals surface area contributed by atoms with E-state index in [1.807, 2.05) is 0 Å². The highest BCUT2D eigenvalue weighted by molar-refractivity contribution is 5.03. The minimum Gasteiger partial charge on any atom is -0.378 e. The van der Waals surface area contributed by atoms with Gasteiger partial charge in [-0.15, -0.1) is 0 Å². The van der Waals surface area contributed by atoms with Crippen LogP contribution in [0.15, 0.2) is 0 Å². The third-order valence-electron chi connectivity index (χ3n) is 8.90. The molecule has 1 aliphatic carbocycles. The number of piperidine rings is 1. The van der Waals surface area contributed by atoms with Crippen LogP contribution in [0.4, 0.5) is 0 Å². The Hall–Kier alpha value is -0.0800. The molecule has 2 unspecified atom stereocenters. The third kappa shape index (κ3) is 6.72. The highest BCUT2D eigenvalue weighted by atomic mass is 16.5. The quantitative estimate of drug-likeness (QED) is 0.321. The maximum absolute atomic E-state index is 6.64. The van der Waals surface area contributed by atoms with E-state index in [1.165, 1.54) is 57.9 Å². The molecule has 0 aromatic heterocycles. The molecule has 0 radical (unpaired) electrons. The normalized spacial score (nSPS) is 32.1. The molecule has 2 heteroatoms. The molecule has 2 aliphatic rings. The standard InChI is InChI=1S/C29H57NO/c1-11-13-15-30-28(7,8)19-24(20-29(30,9)10)23-17-25(21(3)4)27(31-16-14-12-2)26(18-23)22(5)6/h21-27H,11-20H2,1-10H3. The highest BCUT2D eigenvalue weighted by Crippen LogP contribution is 2.51. The molecule has 1 saturated carbocycles. The molecule has 0 aromatic rings. The molecule has 1 aliphatic heterocycles. The molecule has 31 heavy (non-hydrogen) atoms. The van der Waals surface area contributed by atoms with E-state index >= 15 is 0 Å². The second-order valence-electron chi connectivity index (χ2n) is 13.0. The van der Waals surface area contributed by atoms with Crippen LogP contribution in [-0.2, 0) is 4.74 Å². The van der Waals surface area contributed by atoms with Crippen LogP contribution in [0.5, 0.6) is 0 Å². The molecule has 0 N–H and O–H groups in total. The topological polar surface area (TPSA) is 12.5 Å². The van der Waals surface area contributed by atoms with Gasteiger partial charge in [-0.05, 0) is 108 Å². The summed E-state index contributed by atoms with van der Waals surface area (Å²) < 4.78 is 6.64. The number of unbranched alkanes of at least 4 members (excludes halogenated alkanes) is 2. The average molecular weight is 436 g/mol. The Labute approximate surface area is 196 Å². The van der Waals surface area contributed by atoms with E-state index in [4.69, 9.17) is 4.74 Å². The van der Waals surface area contributed by atoms with Crippen LogP contribution >= 0.6 is 0 Å². The largest absolute Gasteiger partial charge is 0.378 e. The first kappa shape index (κ1) is 27.2. The van der Waals surface area contributed by atoms with Gasteiger partial charge in [-0.3, -0.25) is 4.90 Å². The number of likely N-dealkylation sites (tertiary alicyclic amines) is 1. The van der Waals surface area contributed by atoms with Gasteiger partial charge in [-0.2, -0.15) is 0 Å². The Morgan fingerprint density at radius 3 is 1.68 bits per heavy atom. The Kier molecular flexibility index (Phi) is 9.96. The lowest BCUT2D eigenvalue weighted by Gasteiger charge is -2.58. The van der Waals surface area contributed by atoms with Crippen molar-refractivity contribution in [2.45, 2.75) is 138 Å². The molecule has 2 atom stereocenters. The maximum Gasteiger partial charge on any atom is 0.0636 e. The molecule has 2 nitrogen and oxygen atoms in total. The average Bonchev–Trinajstić information content (AvgIpc) is 2.66. The summed E-state index contributed by atoms with van der Waals surface area (Å²) in [5.74, 6) is 4.56. The highest BCUT2D eigenvalue weighted by Gasteiger charge is 2.50. The first-order valence-electron chi connectivity index (χ1n) is 13.8. The lowest BCUT2D eigenvalue weighted by atomic mass is 9.59. The second kappa shape index (κ2) is 11.4. The van der Waals surface area contributed by atoms with Gasteiger partial charge >= 0.3 is 0 Å². The Morgan fingerprint density at radius 2 is 1.26 bits per heavy atom. The fraction of sp³-hybridized carbons (Fsp3) is 1.00. The van der Waals surface area contributed by atoms with E-state index in [1.54, 1.807) is 0 Å². The lowest BCUT2D eigenvalue weighted by molar-refractivity contribution is -0.116. The molecule has 0 spiro atoms. The molecular weight excluding hydrogens is 378 g/mol. The molecule has 0 aromatic carbocycles. The van der Waals surface area contributed by atoms with Gasteiger partial charge in [-0.25, -0.2) is 0 Å². The summed E-state index contributed by atoms with van der Waals surface area (Å²) in [6, 6.07) is 0. The van der Waals surface area contributed by atoms with Gasteiger partial charge in [0, 0.05) is 17.7 Å². The number of hydrogen-bond donors (Lipinski definition) is 0. The van der Waals surface area contributed by atoms with Gasteiger partial charge in [0.1, 0.15) is 0 Å². The molecule has 0 amide bonds. The SMILES string of the molecule is CCCCOC1C(C(C)C)CC(C2CC(C)(C)N(CCCC)C(C)(C)C2)CC1C(C)C. The van der Waals surface area contributed by atoms with Gasteiger partial charge in [-0.1, -0.05) is 54.4 Å². The van der Waals surface area contributed by atoms with Crippen LogP contribution in [0.2, 0.25) is 0 Å². The van der Waals surface area contributed by atoms with Crippen LogP contribution < -0.4 is 0 Å². The zero-order chi connectivity index (χ0) is 23.4. The summed E-state index contributed by atoms with van der Waals surface area (Å²) in [6.45, 7) is 26.7. The Bertz CT molecular complexity index is 487. The van der Waals surface area contributed by atoms with Crippen molar-refractivity contribution < 1.29 is 4.74 Å². The van der Waals surface area contributed by atoms with Crippen molar-refractivity contribution in [1.29, 1.82) is 0 Å². The summed E-state index contributed by atoms with van der Waals surface area (Å²) in [7, 11) is 0. The van der Waals surface area contributed by atoms with E-state index in [-0.39, 0.29) is 0 Å². The fourth-order valence-corrected chi connectivity index (χ4v) is 7.33. The fourth-order valence-electron chi connectivity index (χ4n) is 7.33. The predicted octanol–water partition coefficient (Wildman–Crippen LogP) is 8.20. The summed E-state index contributed by atoms with van der Waals surface area (Å²) in [5, 5.41) is 0. The van der Waals surface area contributed by atoms with E-state index in [9.17, 15) is 0 Å². The molecule has 184 valence electrons. The minimum absolute atomic E-state index is 0.302. The van der Waals surface area contributed by atoms with Crippen molar-refractivity contribution in [3.63, 3.8) is 0 Å². The first-order chi connectivity index (χ1) is 14.4. The van der Waals surface area contributed by atoms with Crippen LogP contribution in [0.3, 0.4) is 0 Å². The van der Waals surface area contributed by atoms with Gasteiger partial charge in [0.05, 0.1) is 6.10 Å². The maximum atomic E-state index is 6.64. The summed E-state index contributed by atoms with van der Waals surface area (Å²) in [5.41, 5.74) is 0.605. The Balaban J connectivity index is 2.22. The van der Waals surface area contributed by atoms with Crippen LogP contribution in [0.25, 0.3) is 0 Å². The predicted molar refractivity (Wildman–Crippen MR) is 137 cm³/mol. The molecular formula is C29H57NO. The summed E-state index contributed by atoms with van der Waals surface area (Å²) in [4.78, 5) is 2.85. The van der Waals surface area contributed by atoms with E-state index in [2.05, 4.69) is 74.1 Å². The summed E-state index contributed by atoms with van der Waals surface area (Å²) >= 11 is 0. The van der Waals surface area contributed by atoms with E-state index in [0.29, 0.717) is 40.9 Å². The van der Waals surface area contributed by atoms with Gasteiger partial charge in [0.15, 0.2) is 0 Å². The smallest absolute Gasteiger partial charge is 0.0636 e.